The summed E-state index contributed by atoms with van der Waals surface area (Å²) in [6, 6.07) is 9.82. The first kappa shape index (κ1) is 16.5. The maximum atomic E-state index is 12.8. The average molecular weight is 302 g/mol. The van der Waals surface area contributed by atoms with Crippen molar-refractivity contribution < 1.29 is 9.59 Å². The number of amides is 2. The van der Waals surface area contributed by atoms with Gasteiger partial charge in [0.05, 0.1) is 0 Å². The summed E-state index contributed by atoms with van der Waals surface area (Å²) in [5.74, 6) is 0.450. The first-order valence-electron chi connectivity index (χ1n) is 8.31. The van der Waals surface area contributed by atoms with Crippen molar-refractivity contribution in [1.29, 1.82) is 0 Å². The summed E-state index contributed by atoms with van der Waals surface area (Å²) in [6.07, 6.45) is 3.05. The van der Waals surface area contributed by atoms with Crippen molar-refractivity contribution in [2.75, 3.05) is 24.5 Å². The van der Waals surface area contributed by atoms with Gasteiger partial charge in [-0.15, -0.1) is 0 Å². The van der Waals surface area contributed by atoms with Crippen molar-refractivity contribution in [2.45, 2.75) is 39.5 Å². The average Bonchev–Trinajstić information content (AvgIpc) is 2.57. The Bertz CT molecular complexity index is 493. The van der Waals surface area contributed by atoms with Gasteiger partial charge in [-0.3, -0.25) is 9.59 Å². The zero-order valence-electron chi connectivity index (χ0n) is 13.6. The van der Waals surface area contributed by atoms with Crippen molar-refractivity contribution in [2.24, 2.45) is 5.92 Å². The molecular formula is C18H26N2O2. The summed E-state index contributed by atoms with van der Waals surface area (Å²) >= 11 is 0. The summed E-state index contributed by atoms with van der Waals surface area (Å²) in [4.78, 5) is 28.4. The van der Waals surface area contributed by atoms with Gasteiger partial charge in [-0.1, -0.05) is 25.1 Å². The number of piperidine rings is 1. The molecule has 0 radical (unpaired) electrons. The van der Waals surface area contributed by atoms with Crippen LogP contribution < -0.4 is 4.90 Å². The highest BCUT2D eigenvalue weighted by Gasteiger charge is 2.29. The number of hydrogen-bond donors (Lipinski definition) is 0. The maximum Gasteiger partial charge on any atom is 0.230 e. The van der Waals surface area contributed by atoms with E-state index in [1.165, 1.54) is 0 Å². The van der Waals surface area contributed by atoms with Gasteiger partial charge in [0.25, 0.3) is 0 Å². The summed E-state index contributed by atoms with van der Waals surface area (Å²) < 4.78 is 0. The largest absolute Gasteiger partial charge is 0.343 e. The van der Waals surface area contributed by atoms with Crippen molar-refractivity contribution >= 4 is 17.5 Å². The van der Waals surface area contributed by atoms with E-state index in [1.807, 2.05) is 54.0 Å². The fourth-order valence-corrected chi connectivity index (χ4v) is 3.04. The van der Waals surface area contributed by atoms with Crippen LogP contribution in [0.2, 0.25) is 0 Å². The van der Waals surface area contributed by atoms with E-state index < -0.39 is 0 Å². The van der Waals surface area contributed by atoms with E-state index in [4.69, 9.17) is 0 Å². The molecule has 0 atom stereocenters. The molecule has 1 fully saturated rings. The highest BCUT2D eigenvalue weighted by atomic mass is 16.2. The highest BCUT2D eigenvalue weighted by Crippen LogP contribution is 2.23. The van der Waals surface area contributed by atoms with Gasteiger partial charge < -0.3 is 9.80 Å². The SMILES string of the molecule is CCCC(=O)N1CCC(C(=O)N(CC)c2ccccc2)CC1. The Morgan fingerprint density at radius 2 is 1.77 bits per heavy atom. The third-order valence-corrected chi connectivity index (χ3v) is 4.31. The molecule has 1 aliphatic heterocycles. The standard InChI is InChI=1S/C18H26N2O2/c1-3-8-17(21)19-13-11-15(12-14-19)18(22)20(4-2)16-9-6-5-7-10-16/h5-7,9-10,15H,3-4,8,11-14H2,1-2H3. The van der Waals surface area contributed by atoms with Gasteiger partial charge in [-0.2, -0.15) is 0 Å². The van der Waals surface area contributed by atoms with E-state index in [9.17, 15) is 9.59 Å². The third kappa shape index (κ3) is 3.87. The monoisotopic (exact) mass is 302 g/mol. The van der Waals surface area contributed by atoms with Gasteiger partial charge in [0.1, 0.15) is 0 Å². The minimum absolute atomic E-state index is 0.0332. The molecule has 0 unspecified atom stereocenters. The predicted octanol–water partition coefficient (Wildman–Crippen LogP) is 3.08. The zero-order valence-corrected chi connectivity index (χ0v) is 13.6. The Morgan fingerprint density at radius 3 is 2.32 bits per heavy atom. The number of likely N-dealkylation sites (tertiary alicyclic amines) is 1. The van der Waals surface area contributed by atoms with Gasteiger partial charge in [-0.25, -0.2) is 0 Å². The van der Waals surface area contributed by atoms with Crippen LogP contribution in [0.3, 0.4) is 0 Å². The molecule has 2 rings (SSSR count). The maximum absolute atomic E-state index is 12.8. The van der Waals surface area contributed by atoms with Crippen LogP contribution in [0, 0.1) is 5.92 Å². The van der Waals surface area contributed by atoms with Crippen LogP contribution >= 0.6 is 0 Å². The van der Waals surface area contributed by atoms with E-state index in [1.54, 1.807) is 0 Å². The molecule has 1 saturated heterocycles. The number of rotatable bonds is 5. The second-order valence-electron chi connectivity index (χ2n) is 5.82. The molecule has 0 bridgehead atoms. The number of carbonyl (C=O) groups is 2. The summed E-state index contributed by atoms with van der Waals surface area (Å²) in [5.41, 5.74) is 0.958. The van der Waals surface area contributed by atoms with E-state index in [0.29, 0.717) is 26.1 Å². The lowest BCUT2D eigenvalue weighted by Gasteiger charge is -2.34. The Labute approximate surface area is 133 Å². The van der Waals surface area contributed by atoms with Crippen LogP contribution in [0.1, 0.15) is 39.5 Å². The van der Waals surface area contributed by atoms with Crippen molar-refractivity contribution in [3.8, 4) is 0 Å². The molecule has 0 aliphatic carbocycles. The second-order valence-corrected chi connectivity index (χ2v) is 5.82. The van der Waals surface area contributed by atoms with Gasteiger partial charge in [0.15, 0.2) is 0 Å². The molecule has 0 saturated carbocycles. The number of nitrogens with zero attached hydrogens (tertiary/aromatic N) is 2. The van der Waals surface area contributed by atoms with Crippen LogP contribution in [0.4, 0.5) is 5.69 Å². The quantitative estimate of drug-likeness (QED) is 0.838. The Morgan fingerprint density at radius 1 is 1.14 bits per heavy atom. The minimum Gasteiger partial charge on any atom is -0.343 e. The van der Waals surface area contributed by atoms with Crippen LogP contribution in [-0.4, -0.2) is 36.3 Å². The number of anilines is 1. The summed E-state index contributed by atoms with van der Waals surface area (Å²) in [7, 11) is 0. The van der Waals surface area contributed by atoms with E-state index in [-0.39, 0.29) is 17.7 Å². The molecule has 0 spiro atoms. The van der Waals surface area contributed by atoms with Crippen molar-refractivity contribution in [1.82, 2.24) is 4.90 Å². The predicted molar refractivity (Wildman–Crippen MR) is 88.7 cm³/mol. The molecule has 1 aromatic carbocycles. The lowest BCUT2D eigenvalue weighted by molar-refractivity contribution is -0.135. The second kappa shape index (κ2) is 7.97. The topological polar surface area (TPSA) is 40.6 Å². The highest BCUT2D eigenvalue weighted by molar-refractivity contribution is 5.95. The first-order valence-corrected chi connectivity index (χ1v) is 8.31. The van der Waals surface area contributed by atoms with Crippen LogP contribution in [0.15, 0.2) is 30.3 Å². The Hall–Kier alpha value is -1.84. The van der Waals surface area contributed by atoms with Gasteiger partial charge in [0.2, 0.25) is 11.8 Å². The lowest BCUT2D eigenvalue weighted by Crippen LogP contribution is -2.44. The number of benzene rings is 1. The van der Waals surface area contributed by atoms with E-state index in [0.717, 1.165) is 24.9 Å². The molecule has 1 aromatic rings. The molecule has 0 N–H and O–H groups in total. The van der Waals surface area contributed by atoms with Crippen LogP contribution in [-0.2, 0) is 9.59 Å². The molecule has 0 aromatic heterocycles. The van der Waals surface area contributed by atoms with Crippen LogP contribution in [0.25, 0.3) is 0 Å². The normalized spacial score (nSPS) is 15.6. The molecule has 22 heavy (non-hydrogen) atoms. The molecule has 2 amide bonds. The minimum atomic E-state index is 0.0332. The Balaban J connectivity index is 1.95. The summed E-state index contributed by atoms with van der Waals surface area (Å²) in [5, 5.41) is 0. The molecule has 1 heterocycles. The van der Waals surface area contributed by atoms with E-state index >= 15 is 0 Å². The zero-order chi connectivity index (χ0) is 15.9. The molecular weight excluding hydrogens is 276 g/mol. The van der Waals surface area contributed by atoms with Crippen molar-refractivity contribution in [3.05, 3.63) is 30.3 Å². The fourth-order valence-electron chi connectivity index (χ4n) is 3.04. The number of para-hydroxylation sites is 1. The van der Waals surface area contributed by atoms with E-state index in [2.05, 4.69) is 0 Å². The fraction of sp³-hybridized carbons (Fsp3) is 0.556. The molecule has 1 aliphatic rings. The van der Waals surface area contributed by atoms with Crippen LogP contribution in [0.5, 0.6) is 0 Å². The van der Waals surface area contributed by atoms with Gasteiger partial charge in [-0.05, 0) is 38.3 Å². The van der Waals surface area contributed by atoms with Gasteiger partial charge in [0, 0.05) is 37.7 Å². The summed E-state index contributed by atoms with van der Waals surface area (Å²) in [6.45, 7) is 6.12. The molecule has 4 nitrogen and oxygen atoms in total. The van der Waals surface area contributed by atoms with Gasteiger partial charge >= 0.3 is 0 Å². The molecule has 4 heteroatoms. The molecule has 120 valence electrons. The third-order valence-electron chi connectivity index (χ3n) is 4.31. The number of carbonyl (C=O) groups excluding carboxylic acids is 2. The van der Waals surface area contributed by atoms with Crippen molar-refractivity contribution in [3.63, 3.8) is 0 Å². The number of hydrogen-bond acceptors (Lipinski definition) is 2. The Kier molecular flexibility index (Phi) is 5.99. The smallest absolute Gasteiger partial charge is 0.230 e. The lowest BCUT2D eigenvalue weighted by atomic mass is 9.94. The first-order chi connectivity index (χ1) is 10.7.